The van der Waals surface area contributed by atoms with E-state index in [2.05, 4.69) is 38.4 Å². The van der Waals surface area contributed by atoms with Crippen LogP contribution in [0, 0.1) is 0 Å². The molecule has 4 nitrogen and oxygen atoms in total. The van der Waals surface area contributed by atoms with Crippen molar-refractivity contribution in [1.82, 2.24) is 10.3 Å². The first-order valence-electron chi connectivity index (χ1n) is 6.82. The number of hydrogen-bond acceptors (Lipinski definition) is 4. The highest BCUT2D eigenvalue weighted by molar-refractivity contribution is 9.10. The second-order valence-electron chi connectivity index (χ2n) is 5.30. The Balaban J connectivity index is 1.66. The van der Waals surface area contributed by atoms with Gasteiger partial charge in [-0.15, -0.1) is 11.3 Å². The summed E-state index contributed by atoms with van der Waals surface area (Å²) >= 11 is 4.92. The molecule has 1 amide bonds. The number of nitrogens with two attached hydrogens (primary N) is 1. The van der Waals surface area contributed by atoms with E-state index in [-0.39, 0.29) is 11.3 Å². The number of carbonyl (C=O) groups excluding carboxylic acids is 1. The van der Waals surface area contributed by atoms with Gasteiger partial charge < -0.3 is 11.1 Å². The van der Waals surface area contributed by atoms with Crippen molar-refractivity contribution in [2.45, 2.75) is 24.8 Å². The molecule has 0 aliphatic heterocycles. The highest BCUT2D eigenvalue weighted by Crippen LogP contribution is 2.48. The Kier molecular flexibility index (Phi) is 4.10. The maximum Gasteiger partial charge on any atom is 0.270 e. The second kappa shape index (κ2) is 5.87. The van der Waals surface area contributed by atoms with E-state index < -0.39 is 0 Å². The lowest BCUT2D eigenvalue weighted by molar-refractivity contribution is 0.0945. The molecule has 1 aliphatic rings. The van der Waals surface area contributed by atoms with Crippen LogP contribution >= 0.6 is 27.3 Å². The zero-order valence-corrected chi connectivity index (χ0v) is 13.8. The van der Waals surface area contributed by atoms with Crippen molar-refractivity contribution in [3.63, 3.8) is 0 Å². The van der Waals surface area contributed by atoms with Gasteiger partial charge in [-0.1, -0.05) is 28.1 Å². The van der Waals surface area contributed by atoms with Crippen molar-refractivity contribution >= 4 is 33.2 Å². The van der Waals surface area contributed by atoms with Gasteiger partial charge in [0.15, 0.2) is 0 Å². The minimum Gasteiger partial charge on any atom is -0.350 e. The predicted molar refractivity (Wildman–Crippen MR) is 87.4 cm³/mol. The van der Waals surface area contributed by atoms with E-state index >= 15 is 0 Å². The summed E-state index contributed by atoms with van der Waals surface area (Å²) in [4.78, 5) is 16.3. The lowest BCUT2D eigenvalue weighted by Crippen LogP contribution is -2.32. The summed E-state index contributed by atoms with van der Waals surface area (Å²) in [5.74, 6) is -0.118. The van der Waals surface area contributed by atoms with E-state index in [9.17, 15) is 4.79 Å². The molecule has 0 saturated heterocycles. The summed E-state index contributed by atoms with van der Waals surface area (Å²) in [6.07, 6.45) is 2.21. The van der Waals surface area contributed by atoms with E-state index in [0.29, 0.717) is 18.8 Å². The van der Waals surface area contributed by atoms with Crippen molar-refractivity contribution < 1.29 is 4.79 Å². The van der Waals surface area contributed by atoms with Crippen LogP contribution in [-0.2, 0) is 12.0 Å². The fourth-order valence-corrected chi connectivity index (χ4v) is 3.44. The molecular formula is C15H16BrN3OS. The molecule has 0 unspecified atom stereocenters. The van der Waals surface area contributed by atoms with Gasteiger partial charge in [-0.25, -0.2) is 4.98 Å². The molecule has 0 bridgehead atoms. The third kappa shape index (κ3) is 3.17. The van der Waals surface area contributed by atoms with Gasteiger partial charge in [-0.2, -0.15) is 0 Å². The van der Waals surface area contributed by atoms with Crippen LogP contribution in [0.3, 0.4) is 0 Å². The summed E-state index contributed by atoms with van der Waals surface area (Å²) in [6.45, 7) is 1.03. The SMILES string of the molecule is NCc1nc(C(=O)NCC2(c3cccc(Br)c3)CC2)cs1. The first-order chi connectivity index (χ1) is 10.1. The molecule has 6 heteroatoms. The topological polar surface area (TPSA) is 68.0 Å². The quantitative estimate of drug-likeness (QED) is 0.855. The maximum atomic E-state index is 12.1. The second-order valence-corrected chi connectivity index (χ2v) is 7.16. The average molecular weight is 366 g/mol. The number of halogens is 1. The van der Waals surface area contributed by atoms with Crippen LogP contribution in [0.2, 0.25) is 0 Å². The molecule has 0 atom stereocenters. The number of aromatic nitrogens is 1. The zero-order valence-electron chi connectivity index (χ0n) is 11.4. The molecule has 0 radical (unpaired) electrons. The Morgan fingerprint density at radius 1 is 1.48 bits per heavy atom. The van der Waals surface area contributed by atoms with Crippen molar-refractivity contribution in [3.8, 4) is 0 Å². The Labute approximate surface area is 135 Å². The summed E-state index contributed by atoms with van der Waals surface area (Å²) in [6, 6.07) is 8.31. The number of hydrogen-bond donors (Lipinski definition) is 2. The smallest absolute Gasteiger partial charge is 0.270 e. The third-order valence-corrected chi connectivity index (χ3v) is 5.20. The van der Waals surface area contributed by atoms with Gasteiger partial charge in [-0.3, -0.25) is 4.79 Å². The number of thiazole rings is 1. The van der Waals surface area contributed by atoms with Crippen LogP contribution in [0.15, 0.2) is 34.1 Å². The van der Waals surface area contributed by atoms with E-state index in [1.54, 1.807) is 5.38 Å². The Hall–Kier alpha value is -1.24. The van der Waals surface area contributed by atoms with Crippen LogP contribution in [0.5, 0.6) is 0 Å². The van der Waals surface area contributed by atoms with Gasteiger partial charge in [-0.05, 0) is 30.5 Å². The highest BCUT2D eigenvalue weighted by Gasteiger charge is 2.44. The normalized spacial score (nSPS) is 15.7. The Morgan fingerprint density at radius 2 is 2.29 bits per heavy atom. The fourth-order valence-electron chi connectivity index (χ4n) is 2.39. The third-order valence-electron chi connectivity index (χ3n) is 3.84. The summed E-state index contributed by atoms with van der Waals surface area (Å²) in [7, 11) is 0. The lowest BCUT2D eigenvalue weighted by atomic mass is 9.96. The molecule has 1 aromatic heterocycles. The molecule has 3 rings (SSSR count). The molecule has 21 heavy (non-hydrogen) atoms. The molecule has 110 valence electrons. The molecule has 1 aromatic carbocycles. The van der Waals surface area contributed by atoms with E-state index in [0.717, 1.165) is 22.3 Å². The first-order valence-corrected chi connectivity index (χ1v) is 8.49. The standard InChI is InChI=1S/C15H16BrN3OS/c16-11-3-1-2-10(6-11)15(4-5-15)9-18-14(20)12-8-21-13(7-17)19-12/h1-3,6,8H,4-5,7,9,17H2,(H,18,20). The Bertz CT molecular complexity index is 666. The fraction of sp³-hybridized carbons (Fsp3) is 0.333. The first kappa shape index (κ1) is 14.7. The van der Waals surface area contributed by atoms with Crippen molar-refractivity contribution in [2.24, 2.45) is 5.73 Å². The molecule has 3 N–H and O–H groups in total. The number of rotatable bonds is 5. The summed E-state index contributed by atoms with van der Waals surface area (Å²) in [5, 5.41) is 5.55. The number of nitrogens with one attached hydrogen (secondary N) is 1. The highest BCUT2D eigenvalue weighted by atomic mass is 79.9. The molecule has 1 fully saturated rings. The average Bonchev–Trinajstić information content (AvgIpc) is 3.13. The minimum atomic E-state index is -0.118. The molecule has 2 aromatic rings. The molecule has 0 spiro atoms. The molecule has 1 heterocycles. The van der Waals surface area contributed by atoms with E-state index in [1.165, 1.54) is 16.9 Å². The van der Waals surface area contributed by atoms with E-state index in [1.807, 2.05) is 12.1 Å². The maximum absolute atomic E-state index is 12.1. The van der Waals surface area contributed by atoms with Gasteiger partial charge in [0.1, 0.15) is 10.7 Å². The van der Waals surface area contributed by atoms with Crippen molar-refractivity contribution in [1.29, 1.82) is 0 Å². The summed E-state index contributed by atoms with van der Waals surface area (Å²) in [5.41, 5.74) is 7.35. The Morgan fingerprint density at radius 3 is 2.90 bits per heavy atom. The number of nitrogens with zero attached hydrogens (tertiary/aromatic N) is 1. The minimum absolute atomic E-state index is 0.0894. The number of amides is 1. The molecular weight excluding hydrogens is 350 g/mol. The van der Waals surface area contributed by atoms with Crippen LogP contribution in [0.25, 0.3) is 0 Å². The van der Waals surface area contributed by atoms with Crippen molar-refractivity contribution in [3.05, 3.63) is 50.4 Å². The van der Waals surface area contributed by atoms with E-state index in [4.69, 9.17) is 5.73 Å². The summed E-state index contributed by atoms with van der Waals surface area (Å²) < 4.78 is 1.07. The van der Waals surface area contributed by atoms with Crippen LogP contribution in [-0.4, -0.2) is 17.4 Å². The van der Waals surface area contributed by atoms with Crippen molar-refractivity contribution in [2.75, 3.05) is 6.54 Å². The molecule has 1 saturated carbocycles. The van der Waals surface area contributed by atoms with Gasteiger partial charge in [0.2, 0.25) is 0 Å². The van der Waals surface area contributed by atoms with Gasteiger partial charge in [0, 0.05) is 28.4 Å². The van der Waals surface area contributed by atoms with Gasteiger partial charge in [0.05, 0.1) is 0 Å². The lowest BCUT2D eigenvalue weighted by Gasteiger charge is -2.16. The monoisotopic (exact) mass is 365 g/mol. The number of carbonyl (C=O) groups is 1. The van der Waals surface area contributed by atoms with Crippen LogP contribution < -0.4 is 11.1 Å². The predicted octanol–water partition coefficient (Wildman–Crippen LogP) is 2.83. The van der Waals surface area contributed by atoms with Crippen LogP contribution in [0.1, 0.15) is 33.9 Å². The number of benzene rings is 1. The zero-order chi connectivity index (χ0) is 14.9. The largest absolute Gasteiger partial charge is 0.350 e. The molecule has 1 aliphatic carbocycles. The van der Waals surface area contributed by atoms with Crippen LogP contribution in [0.4, 0.5) is 0 Å². The van der Waals surface area contributed by atoms with Gasteiger partial charge >= 0.3 is 0 Å². The van der Waals surface area contributed by atoms with Gasteiger partial charge in [0.25, 0.3) is 5.91 Å².